The van der Waals surface area contributed by atoms with Crippen LogP contribution in [0.4, 0.5) is 0 Å². The number of aromatic nitrogens is 1. The molecule has 3 aromatic carbocycles. The molecule has 1 fully saturated rings. The molecule has 1 aromatic heterocycles. The standard InChI is InChI=1S/C26H23ClN2O2/c27-21-14-15-24-23(16-21)28-25(31-24)17-29(22-8-4-5-9-22)26(30)20-12-10-19(11-13-20)18-6-2-1-3-7-18/h1-3,6-7,10-16,22H,4-5,8-9,17H2. The fourth-order valence-electron chi connectivity index (χ4n) is 4.35. The largest absolute Gasteiger partial charge is 0.439 e. The van der Waals surface area contributed by atoms with Gasteiger partial charge < -0.3 is 9.32 Å². The number of carbonyl (C=O) groups excluding carboxylic acids is 1. The van der Waals surface area contributed by atoms with Gasteiger partial charge in [0.2, 0.25) is 5.89 Å². The van der Waals surface area contributed by atoms with Gasteiger partial charge in [0, 0.05) is 16.6 Å². The summed E-state index contributed by atoms with van der Waals surface area (Å²) in [6.45, 7) is 0.357. The molecule has 0 unspecified atom stereocenters. The number of fused-ring (bicyclic) bond motifs is 1. The Kier molecular flexibility index (Phi) is 5.47. The number of hydrogen-bond donors (Lipinski definition) is 0. The molecule has 0 spiro atoms. The van der Waals surface area contributed by atoms with Crippen LogP contribution in [0.25, 0.3) is 22.2 Å². The van der Waals surface area contributed by atoms with Crippen molar-refractivity contribution in [2.75, 3.05) is 0 Å². The lowest BCUT2D eigenvalue weighted by Crippen LogP contribution is -2.38. The van der Waals surface area contributed by atoms with Gasteiger partial charge in [0.25, 0.3) is 5.91 Å². The van der Waals surface area contributed by atoms with E-state index in [1.165, 1.54) is 0 Å². The summed E-state index contributed by atoms with van der Waals surface area (Å²) < 4.78 is 5.91. The number of halogens is 1. The fraction of sp³-hybridized carbons (Fsp3) is 0.231. The fourth-order valence-corrected chi connectivity index (χ4v) is 4.51. The summed E-state index contributed by atoms with van der Waals surface area (Å²) >= 11 is 6.08. The van der Waals surface area contributed by atoms with Crippen LogP contribution in [0.2, 0.25) is 5.02 Å². The average molecular weight is 431 g/mol. The Morgan fingerprint density at radius 3 is 2.42 bits per heavy atom. The molecule has 0 aliphatic heterocycles. The highest BCUT2D eigenvalue weighted by molar-refractivity contribution is 6.31. The lowest BCUT2D eigenvalue weighted by Gasteiger charge is -2.28. The highest BCUT2D eigenvalue weighted by Crippen LogP contribution is 2.28. The second-order valence-electron chi connectivity index (χ2n) is 8.03. The van der Waals surface area contributed by atoms with Gasteiger partial charge in [-0.05, 0) is 54.3 Å². The van der Waals surface area contributed by atoms with E-state index in [1.54, 1.807) is 12.1 Å². The van der Waals surface area contributed by atoms with Gasteiger partial charge in [-0.3, -0.25) is 4.79 Å². The summed E-state index contributed by atoms with van der Waals surface area (Å²) in [5.74, 6) is 0.560. The van der Waals surface area contributed by atoms with Crippen molar-refractivity contribution in [3.05, 3.63) is 89.3 Å². The molecule has 156 valence electrons. The summed E-state index contributed by atoms with van der Waals surface area (Å²) in [6, 6.07) is 23.6. The summed E-state index contributed by atoms with van der Waals surface area (Å²) in [6.07, 6.45) is 4.31. The maximum Gasteiger partial charge on any atom is 0.254 e. The summed E-state index contributed by atoms with van der Waals surface area (Å²) in [4.78, 5) is 20.0. The Morgan fingerprint density at radius 1 is 0.968 bits per heavy atom. The van der Waals surface area contributed by atoms with E-state index in [2.05, 4.69) is 17.1 Å². The molecule has 4 aromatic rings. The predicted molar refractivity (Wildman–Crippen MR) is 123 cm³/mol. The molecule has 31 heavy (non-hydrogen) atoms. The van der Waals surface area contributed by atoms with Crippen molar-refractivity contribution in [1.29, 1.82) is 0 Å². The van der Waals surface area contributed by atoms with Crippen molar-refractivity contribution >= 4 is 28.6 Å². The Hall–Kier alpha value is -3.11. The molecule has 4 nitrogen and oxygen atoms in total. The minimum Gasteiger partial charge on any atom is -0.439 e. The molecule has 1 amide bonds. The SMILES string of the molecule is O=C(c1ccc(-c2ccccc2)cc1)N(Cc1nc2cc(Cl)ccc2o1)C1CCCC1. The van der Waals surface area contributed by atoms with Crippen LogP contribution in [-0.4, -0.2) is 21.8 Å². The van der Waals surface area contributed by atoms with Crippen molar-refractivity contribution in [3.8, 4) is 11.1 Å². The molecule has 1 saturated carbocycles. The van der Waals surface area contributed by atoms with E-state index in [4.69, 9.17) is 16.0 Å². The lowest BCUT2D eigenvalue weighted by atomic mass is 10.0. The van der Waals surface area contributed by atoms with Crippen molar-refractivity contribution in [2.24, 2.45) is 0 Å². The van der Waals surface area contributed by atoms with Crippen LogP contribution in [0.1, 0.15) is 41.9 Å². The molecule has 0 atom stereocenters. The second-order valence-corrected chi connectivity index (χ2v) is 8.47. The second kappa shape index (κ2) is 8.56. The van der Waals surface area contributed by atoms with Gasteiger partial charge in [0.05, 0.1) is 6.54 Å². The Labute approximate surface area is 186 Å². The first-order valence-electron chi connectivity index (χ1n) is 10.7. The van der Waals surface area contributed by atoms with E-state index in [1.807, 2.05) is 53.4 Å². The summed E-state index contributed by atoms with van der Waals surface area (Å²) in [5.41, 5.74) is 4.32. The molecular formula is C26H23ClN2O2. The van der Waals surface area contributed by atoms with E-state index >= 15 is 0 Å². The third kappa shape index (κ3) is 4.21. The van der Waals surface area contributed by atoms with Gasteiger partial charge in [0.1, 0.15) is 5.52 Å². The lowest BCUT2D eigenvalue weighted by molar-refractivity contribution is 0.0646. The average Bonchev–Trinajstić information content (AvgIpc) is 3.47. The molecule has 0 radical (unpaired) electrons. The number of hydrogen-bond acceptors (Lipinski definition) is 3. The van der Waals surface area contributed by atoms with Crippen molar-refractivity contribution in [3.63, 3.8) is 0 Å². The van der Waals surface area contributed by atoms with Crippen LogP contribution >= 0.6 is 11.6 Å². The van der Waals surface area contributed by atoms with E-state index in [0.29, 0.717) is 34.1 Å². The zero-order chi connectivity index (χ0) is 21.2. The van der Waals surface area contributed by atoms with Crippen LogP contribution in [0.15, 0.2) is 77.2 Å². The monoisotopic (exact) mass is 430 g/mol. The quantitative estimate of drug-likeness (QED) is 0.352. The van der Waals surface area contributed by atoms with E-state index in [9.17, 15) is 4.79 Å². The smallest absolute Gasteiger partial charge is 0.254 e. The number of amides is 1. The predicted octanol–water partition coefficient (Wildman–Crippen LogP) is 6.73. The first-order chi connectivity index (χ1) is 15.2. The topological polar surface area (TPSA) is 46.3 Å². The minimum atomic E-state index is 0.0202. The number of nitrogens with zero attached hydrogens (tertiary/aromatic N) is 2. The molecule has 5 heteroatoms. The van der Waals surface area contributed by atoms with E-state index < -0.39 is 0 Å². The molecule has 0 bridgehead atoms. The normalized spacial score (nSPS) is 14.2. The highest BCUT2D eigenvalue weighted by Gasteiger charge is 2.29. The van der Waals surface area contributed by atoms with Gasteiger partial charge in [-0.15, -0.1) is 0 Å². The van der Waals surface area contributed by atoms with Crippen LogP contribution < -0.4 is 0 Å². The van der Waals surface area contributed by atoms with Gasteiger partial charge in [-0.1, -0.05) is 66.9 Å². The van der Waals surface area contributed by atoms with Crippen molar-refractivity contribution in [2.45, 2.75) is 38.3 Å². The third-order valence-corrected chi connectivity index (χ3v) is 6.20. The number of benzene rings is 3. The first-order valence-corrected chi connectivity index (χ1v) is 11.1. The zero-order valence-corrected chi connectivity index (χ0v) is 17.9. The molecule has 5 rings (SSSR count). The highest BCUT2D eigenvalue weighted by atomic mass is 35.5. The van der Waals surface area contributed by atoms with Crippen LogP contribution in [0.3, 0.4) is 0 Å². The van der Waals surface area contributed by atoms with Crippen LogP contribution in [0.5, 0.6) is 0 Å². The molecule has 0 N–H and O–H groups in total. The molecule has 1 aliphatic carbocycles. The zero-order valence-electron chi connectivity index (χ0n) is 17.1. The van der Waals surface area contributed by atoms with Gasteiger partial charge >= 0.3 is 0 Å². The van der Waals surface area contributed by atoms with Gasteiger partial charge in [-0.2, -0.15) is 0 Å². The van der Waals surface area contributed by atoms with Crippen molar-refractivity contribution < 1.29 is 9.21 Å². The first kappa shape index (κ1) is 19.8. The third-order valence-electron chi connectivity index (χ3n) is 5.96. The molecule has 1 aliphatic rings. The maximum absolute atomic E-state index is 13.5. The molecule has 1 heterocycles. The van der Waals surface area contributed by atoms with Crippen LogP contribution in [-0.2, 0) is 6.54 Å². The van der Waals surface area contributed by atoms with E-state index in [-0.39, 0.29) is 11.9 Å². The molecule has 0 saturated heterocycles. The van der Waals surface area contributed by atoms with E-state index in [0.717, 1.165) is 36.8 Å². The summed E-state index contributed by atoms with van der Waals surface area (Å²) in [7, 11) is 0. The maximum atomic E-state index is 13.5. The number of carbonyl (C=O) groups is 1. The van der Waals surface area contributed by atoms with Crippen LogP contribution in [0, 0.1) is 0 Å². The summed E-state index contributed by atoms with van der Waals surface area (Å²) in [5, 5.41) is 0.620. The van der Waals surface area contributed by atoms with Gasteiger partial charge in [0.15, 0.2) is 5.58 Å². The Bertz CT molecular complexity index is 1200. The Balaban J connectivity index is 1.41. The minimum absolute atomic E-state index is 0.0202. The Morgan fingerprint density at radius 2 is 1.68 bits per heavy atom. The number of rotatable bonds is 5. The molecular weight excluding hydrogens is 408 g/mol. The number of oxazole rings is 1. The van der Waals surface area contributed by atoms with Crippen molar-refractivity contribution in [1.82, 2.24) is 9.88 Å². The van der Waals surface area contributed by atoms with Gasteiger partial charge in [-0.25, -0.2) is 4.98 Å².